The normalized spacial score (nSPS) is 20.3. The minimum atomic E-state index is 0.282. The molecule has 0 fully saturated rings. The molecular formula is C12H16O2. The number of rotatable bonds is 2. The molecule has 0 aromatic heterocycles. The fourth-order valence-corrected chi connectivity index (χ4v) is 2.12. The first-order valence-corrected chi connectivity index (χ1v) is 5.04. The SMILES string of the molecule is COc1ccc2c(c1)CCC[C@H]2OC. The summed E-state index contributed by atoms with van der Waals surface area (Å²) < 4.78 is 10.7. The van der Waals surface area contributed by atoms with Crippen molar-refractivity contribution >= 4 is 0 Å². The monoisotopic (exact) mass is 192 g/mol. The lowest BCUT2D eigenvalue weighted by Crippen LogP contribution is -2.11. The Kier molecular flexibility index (Phi) is 2.73. The largest absolute Gasteiger partial charge is 0.497 e. The number of methoxy groups -OCH3 is 2. The van der Waals surface area contributed by atoms with Gasteiger partial charge in [0.1, 0.15) is 5.75 Å². The van der Waals surface area contributed by atoms with Crippen molar-refractivity contribution in [3.63, 3.8) is 0 Å². The summed E-state index contributed by atoms with van der Waals surface area (Å²) in [5.41, 5.74) is 2.71. The average molecular weight is 192 g/mol. The molecule has 14 heavy (non-hydrogen) atoms. The van der Waals surface area contributed by atoms with Crippen molar-refractivity contribution in [1.82, 2.24) is 0 Å². The van der Waals surface area contributed by atoms with Gasteiger partial charge < -0.3 is 9.47 Å². The van der Waals surface area contributed by atoms with Gasteiger partial charge in [-0.25, -0.2) is 0 Å². The van der Waals surface area contributed by atoms with Gasteiger partial charge in [0.25, 0.3) is 0 Å². The maximum atomic E-state index is 5.45. The summed E-state index contributed by atoms with van der Waals surface area (Å²) in [6.07, 6.45) is 3.77. The van der Waals surface area contributed by atoms with Crippen LogP contribution in [0.25, 0.3) is 0 Å². The lowest BCUT2D eigenvalue weighted by atomic mass is 9.89. The number of aryl methyl sites for hydroxylation is 1. The molecule has 2 heteroatoms. The Bertz CT molecular complexity index is 320. The second-order valence-corrected chi connectivity index (χ2v) is 3.68. The smallest absolute Gasteiger partial charge is 0.119 e. The number of hydrogen-bond donors (Lipinski definition) is 0. The predicted octanol–water partition coefficient (Wildman–Crippen LogP) is 2.72. The van der Waals surface area contributed by atoms with Crippen molar-refractivity contribution < 1.29 is 9.47 Å². The highest BCUT2D eigenvalue weighted by Crippen LogP contribution is 2.33. The lowest BCUT2D eigenvalue weighted by Gasteiger charge is -2.24. The zero-order valence-corrected chi connectivity index (χ0v) is 8.75. The molecule has 0 aliphatic heterocycles. The fourth-order valence-electron chi connectivity index (χ4n) is 2.12. The van der Waals surface area contributed by atoms with E-state index in [1.807, 2.05) is 6.07 Å². The van der Waals surface area contributed by atoms with E-state index in [1.165, 1.54) is 17.5 Å². The van der Waals surface area contributed by atoms with Gasteiger partial charge in [0.2, 0.25) is 0 Å². The van der Waals surface area contributed by atoms with Crippen LogP contribution in [-0.2, 0) is 11.2 Å². The zero-order valence-electron chi connectivity index (χ0n) is 8.75. The van der Waals surface area contributed by atoms with Crippen LogP contribution in [0.5, 0.6) is 5.75 Å². The quantitative estimate of drug-likeness (QED) is 0.717. The standard InChI is InChI=1S/C12H16O2/c1-13-10-6-7-11-9(8-10)4-3-5-12(11)14-2/h6-8,12H,3-5H2,1-2H3/t12-/m1/s1. The van der Waals surface area contributed by atoms with Gasteiger partial charge >= 0.3 is 0 Å². The van der Waals surface area contributed by atoms with Crippen molar-refractivity contribution in [2.24, 2.45) is 0 Å². The summed E-state index contributed by atoms with van der Waals surface area (Å²) in [5, 5.41) is 0. The van der Waals surface area contributed by atoms with Gasteiger partial charge in [-0.1, -0.05) is 6.07 Å². The fraction of sp³-hybridized carbons (Fsp3) is 0.500. The van der Waals surface area contributed by atoms with Crippen molar-refractivity contribution in [2.75, 3.05) is 14.2 Å². The third-order valence-electron chi connectivity index (χ3n) is 2.89. The Balaban J connectivity index is 2.35. The van der Waals surface area contributed by atoms with Gasteiger partial charge in [0.15, 0.2) is 0 Å². The van der Waals surface area contributed by atoms with Crippen molar-refractivity contribution in [2.45, 2.75) is 25.4 Å². The Labute approximate surface area is 84.8 Å². The van der Waals surface area contributed by atoms with Crippen LogP contribution in [0.3, 0.4) is 0 Å². The molecule has 1 atom stereocenters. The number of fused-ring (bicyclic) bond motifs is 1. The molecule has 0 N–H and O–H groups in total. The molecule has 0 unspecified atom stereocenters. The molecule has 1 aliphatic rings. The summed E-state index contributed by atoms with van der Waals surface area (Å²) in [5.74, 6) is 0.945. The first kappa shape index (κ1) is 9.53. The Hall–Kier alpha value is -1.02. The van der Waals surface area contributed by atoms with E-state index in [9.17, 15) is 0 Å². The summed E-state index contributed by atoms with van der Waals surface area (Å²) in [7, 11) is 3.49. The van der Waals surface area contributed by atoms with Crippen molar-refractivity contribution in [1.29, 1.82) is 0 Å². The molecule has 76 valence electrons. The highest BCUT2D eigenvalue weighted by molar-refractivity contribution is 5.38. The molecule has 1 aromatic carbocycles. The molecule has 0 amide bonds. The molecular weight excluding hydrogens is 176 g/mol. The molecule has 0 spiro atoms. The van der Waals surface area contributed by atoms with E-state index in [4.69, 9.17) is 9.47 Å². The van der Waals surface area contributed by atoms with E-state index in [1.54, 1.807) is 14.2 Å². The molecule has 0 saturated carbocycles. The van der Waals surface area contributed by atoms with Gasteiger partial charge in [-0.15, -0.1) is 0 Å². The Morgan fingerprint density at radius 3 is 2.86 bits per heavy atom. The van der Waals surface area contributed by atoms with Crippen molar-refractivity contribution in [3.05, 3.63) is 29.3 Å². The van der Waals surface area contributed by atoms with Gasteiger partial charge in [-0.2, -0.15) is 0 Å². The predicted molar refractivity (Wildman–Crippen MR) is 55.7 cm³/mol. The van der Waals surface area contributed by atoms with E-state index in [-0.39, 0.29) is 6.10 Å². The number of hydrogen-bond acceptors (Lipinski definition) is 2. The molecule has 0 bridgehead atoms. The number of ether oxygens (including phenoxy) is 2. The third kappa shape index (κ3) is 1.62. The van der Waals surface area contributed by atoms with Gasteiger partial charge in [0, 0.05) is 7.11 Å². The van der Waals surface area contributed by atoms with Crippen LogP contribution in [0.4, 0.5) is 0 Å². The van der Waals surface area contributed by atoms with Gasteiger partial charge in [0.05, 0.1) is 13.2 Å². The van der Waals surface area contributed by atoms with Crippen LogP contribution in [-0.4, -0.2) is 14.2 Å². The van der Waals surface area contributed by atoms with E-state index in [2.05, 4.69) is 12.1 Å². The second kappa shape index (κ2) is 4.01. The third-order valence-corrected chi connectivity index (χ3v) is 2.89. The Morgan fingerprint density at radius 1 is 1.29 bits per heavy atom. The molecule has 2 nitrogen and oxygen atoms in total. The van der Waals surface area contributed by atoms with E-state index >= 15 is 0 Å². The molecule has 1 aliphatic carbocycles. The van der Waals surface area contributed by atoms with E-state index in [0.29, 0.717) is 0 Å². The summed E-state index contributed by atoms with van der Waals surface area (Å²) in [6, 6.07) is 6.26. The van der Waals surface area contributed by atoms with Crippen LogP contribution in [0.15, 0.2) is 18.2 Å². The topological polar surface area (TPSA) is 18.5 Å². The highest BCUT2D eigenvalue weighted by Gasteiger charge is 2.19. The first-order chi connectivity index (χ1) is 6.85. The van der Waals surface area contributed by atoms with Crippen molar-refractivity contribution in [3.8, 4) is 5.75 Å². The first-order valence-electron chi connectivity index (χ1n) is 5.04. The highest BCUT2D eigenvalue weighted by atomic mass is 16.5. The molecule has 0 heterocycles. The number of benzene rings is 1. The van der Waals surface area contributed by atoms with E-state index < -0.39 is 0 Å². The summed E-state index contributed by atoms with van der Waals surface area (Å²) in [4.78, 5) is 0. The molecule has 2 rings (SSSR count). The minimum Gasteiger partial charge on any atom is -0.497 e. The minimum absolute atomic E-state index is 0.282. The molecule has 0 radical (unpaired) electrons. The zero-order chi connectivity index (χ0) is 9.97. The lowest BCUT2D eigenvalue weighted by molar-refractivity contribution is 0.0880. The van der Waals surface area contributed by atoms with E-state index in [0.717, 1.165) is 18.6 Å². The molecule has 0 saturated heterocycles. The second-order valence-electron chi connectivity index (χ2n) is 3.68. The average Bonchev–Trinajstić information content (AvgIpc) is 2.27. The van der Waals surface area contributed by atoms with Crippen LogP contribution in [0, 0.1) is 0 Å². The van der Waals surface area contributed by atoms with Crippen LogP contribution < -0.4 is 4.74 Å². The maximum absolute atomic E-state index is 5.45. The van der Waals surface area contributed by atoms with Gasteiger partial charge in [-0.3, -0.25) is 0 Å². The van der Waals surface area contributed by atoms with Crippen LogP contribution in [0.2, 0.25) is 0 Å². The Morgan fingerprint density at radius 2 is 2.14 bits per heavy atom. The van der Waals surface area contributed by atoms with Gasteiger partial charge in [-0.05, 0) is 42.5 Å². The molecule has 1 aromatic rings. The summed E-state index contributed by atoms with van der Waals surface area (Å²) in [6.45, 7) is 0. The maximum Gasteiger partial charge on any atom is 0.119 e. The summed E-state index contributed by atoms with van der Waals surface area (Å²) >= 11 is 0. The van der Waals surface area contributed by atoms with Crippen LogP contribution in [0.1, 0.15) is 30.1 Å². The van der Waals surface area contributed by atoms with Crippen LogP contribution >= 0.6 is 0 Å².